The topological polar surface area (TPSA) is 75.6 Å². The van der Waals surface area contributed by atoms with Crippen LogP contribution in [0.5, 0.6) is 5.75 Å². The molecule has 2 rings (SSSR count). The van der Waals surface area contributed by atoms with Gasteiger partial charge in [0.15, 0.2) is 6.61 Å². The first-order valence-corrected chi connectivity index (χ1v) is 7.32. The normalized spacial score (nSPS) is 21.6. The van der Waals surface area contributed by atoms with E-state index in [4.69, 9.17) is 4.74 Å². The summed E-state index contributed by atoms with van der Waals surface area (Å²) in [5.41, 5.74) is 0.0661. The average molecular weight is 291 g/mol. The van der Waals surface area contributed by atoms with Gasteiger partial charge in [0.25, 0.3) is 5.91 Å². The lowest BCUT2D eigenvalue weighted by atomic mass is 9.86. The zero-order chi connectivity index (χ0) is 15.2. The van der Waals surface area contributed by atoms with Gasteiger partial charge in [-0.3, -0.25) is 4.79 Å². The highest BCUT2D eigenvalue weighted by Gasteiger charge is 2.23. The number of esters is 1. The lowest BCUT2D eigenvalue weighted by Gasteiger charge is -2.29. The van der Waals surface area contributed by atoms with E-state index in [1.54, 1.807) is 12.1 Å². The Morgan fingerprint density at radius 1 is 1.29 bits per heavy atom. The molecule has 5 heteroatoms. The SMILES string of the molecule is CC1CCCCC1NC(=O)COC(=O)c1ccccc1O. The minimum Gasteiger partial charge on any atom is -0.507 e. The van der Waals surface area contributed by atoms with Gasteiger partial charge in [-0.15, -0.1) is 0 Å². The van der Waals surface area contributed by atoms with E-state index in [1.807, 2.05) is 0 Å². The van der Waals surface area contributed by atoms with Crippen LogP contribution >= 0.6 is 0 Å². The van der Waals surface area contributed by atoms with Crippen molar-refractivity contribution in [3.63, 3.8) is 0 Å². The fourth-order valence-corrected chi connectivity index (χ4v) is 2.63. The van der Waals surface area contributed by atoms with Crippen molar-refractivity contribution in [1.82, 2.24) is 5.32 Å². The highest BCUT2D eigenvalue weighted by molar-refractivity contribution is 5.93. The fourth-order valence-electron chi connectivity index (χ4n) is 2.63. The van der Waals surface area contributed by atoms with Crippen LogP contribution in [0, 0.1) is 5.92 Å². The van der Waals surface area contributed by atoms with Crippen LogP contribution in [0.2, 0.25) is 0 Å². The molecule has 1 saturated carbocycles. The number of phenols is 1. The van der Waals surface area contributed by atoms with Crippen LogP contribution in [0.4, 0.5) is 0 Å². The second-order valence-electron chi connectivity index (χ2n) is 5.53. The number of aromatic hydroxyl groups is 1. The van der Waals surface area contributed by atoms with Gasteiger partial charge in [-0.2, -0.15) is 0 Å². The predicted octanol–water partition coefficient (Wildman–Crippen LogP) is 2.24. The zero-order valence-electron chi connectivity index (χ0n) is 12.2. The van der Waals surface area contributed by atoms with Gasteiger partial charge in [0.1, 0.15) is 11.3 Å². The second-order valence-corrected chi connectivity index (χ2v) is 5.53. The van der Waals surface area contributed by atoms with Gasteiger partial charge in [0.2, 0.25) is 0 Å². The van der Waals surface area contributed by atoms with Gasteiger partial charge in [-0.25, -0.2) is 4.79 Å². The number of hydrogen-bond donors (Lipinski definition) is 2. The molecule has 0 radical (unpaired) electrons. The van der Waals surface area contributed by atoms with E-state index in [0.29, 0.717) is 5.92 Å². The van der Waals surface area contributed by atoms with Gasteiger partial charge in [-0.05, 0) is 30.9 Å². The van der Waals surface area contributed by atoms with Crippen molar-refractivity contribution in [3.05, 3.63) is 29.8 Å². The molecule has 1 aromatic carbocycles. The number of benzene rings is 1. The Hall–Kier alpha value is -2.04. The number of nitrogens with one attached hydrogen (secondary N) is 1. The van der Waals surface area contributed by atoms with Crippen molar-refractivity contribution in [2.45, 2.75) is 38.6 Å². The van der Waals surface area contributed by atoms with E-state index < -0.39 is 5.97 Å². The third kappa shape index (κ3) is 4.21. The lowest BCUT2D eigenvalue weighted by molar-refractivity contribution is -0.125. The van der Waals surface area contributed by atoms with Crippen molar-refractivity contribution in [3.8, 4) is 5.75 Å². The van der Waals surface area contributed by atoms with E-state index in [0.717, 1.165) is 19.3 Å². The molecule has 2 unspecified atom stereocenters. The smallest absolute Gasteiger partial charge is 0.342 e. The highest BCUT2D eigenvalue weighted by atomic mass is 16.5. The van der Waals surface area contributed by atoms with Crippen LogP contribution in [0.1, 0.15) is 43.0 Å². The zero-order valence-corrected chi connectivity index (χ0v) is 12.2. The summed E-state index contributed by atoms with van der Waals surface area (Å²) in [5.74, 6) is -0.683. The Labute approximate surface area is 124 Å². The number of phenolic OH excluding ortho intramolecular Hbond substituents is 1. The van der Waals surface area contributed by atoms with Crippen LogP contribution < -0.4 is 5.32 Å². The molecule has 1 amide bonds. The van der Waals surface area contributed by atoms with Gasteiger partial charge >= 0.3 is 5.97 Å². The van der Waals surface area contributed by atoms with Gasteiger partial charge in [0.05, 0.1) is 0 Å². The molecule has 1 aliphatic carbocycles. The van der Waals surface area contributed by atoms with Crippen LogP contribution in [0.3, 0.4) is 0 Å². The molecule has 0 bridgehead atoms. The summed E-state index contributed by atoms with van der Waals surface area (Å²) in [7, 11) is 0. The maximum atomic E-state index is 11.8. The van der Waals surface area contributed by atoms with E-state index in [9.17, 15) is 14.7 Å². The molecule has 0 aliphatic heterocycles. The van der Waals surface area contributed by atoms with E-state index >= 15 is 0 Å². The molecule has 1 aliphatic rings. The van der Waals surface area contributed by atoms with E-state index in [1.165, 1.54) is 18.6 Å². The Kier molecular flexibility index (Phi) is 5.20. The summed E-state index contributed by atoms with van der Waals surface area (Å²) in [6.45, 7) is 1.80. The maximum Gasteiger partial charge on any atom is 0.342 e. The standard InChI is InChI=1S/C16H21NO4/c1-11-6-2-4-8-13(11)17-15(19)10-21-16(20)12-7-3-5-9-14(12)18/h3,5,7,9,11,13,18H,2,4,6,8,10H2,1H3,(H,17,19). The third-order valence-corrected chi connectivity index (χ3v) is 3.92. The Balaban J connectivity index is 1.81. The Morgan fingerprint density at radius 3 is 2.71 bits per heavy atom. The second kappa shape index (κ2) is 7.11. The summed E-state index contributed by atoms with van der Waals surface area (Å²) in [5, 5.41) is 12.5. The Morgan fingerprint density at radius 2 is 2.00 bits per heavy atom. The third-order valence-electron chi connectivity index (χ3n) is 3.92. The molecule has 21 heavy (non-hydrogen) atoms. The van der Waals surface area contributed by atoms with E-state index in [-0.39, 0.29) is 29.9 Å². The molecule has 5 nitrogen and oxygen atoms in total. The summed E-state index contributed by atoms with van der Waals surface area (Å²) in [6.07, 6.45) is 4.41. The van der Waals surface area contributed by atoms with Crippen LogP contribution in [0.25, 0.3) is 0 Å². The van der Waals surface area contributed by atoms with Gasteiger partial charge in [0, 0.05) is 6.04 Å². The summed E-state index contributed by atoms with van der Waals surface area (Å²) >= 11 is 0. The van der Waals surface area contributed by atoms with Crippen molar-refractivity contribution in [2.75, 3.05) is 6.61 Å². The largest absolute Gasteiger partial charge is 0.507 e. The number of carbonyl (C=O) groups excluding carboxylic acids is 2. The van der Waals surface area contributed by atoms with Crippen molar-refractivity contribution >= 4 is 11.9 Å². The number of hydrogen-bond acceptors (Lipinski definition) is 4. The van der Waals surface area contributed by atoms with Gasteiger partial charge in [-0.1, -0.05) is 31.9 Å². The molecule has 2 N–H and O–H groups in total. The monoisotopic (exact) mass is 291 g/mol. The summed E-state index contributed by atoms with van der Waals surface area (Å²) in [4.78, 5) is 23.6. The number of ether oxygens (including phenoxy) is 1. The van der Waals surface area contributed by atoms with E-state index in [2.05, 4.69) is 12.2 Å². The highest BCUT2D eigenvalue weighted by Crippen LogP contribution is 2.23. The molecule has 0 spiro atoms. The number of para-hydroxylation sites is 1. The molecule has 2 atom stereocenters. The van der Waals surface area contributed by atoms with Crippen molar-refractivity contribution < 1.29 is 19.4 Å². The lowest BCUT2D eigenvalue weighted by Crippen LogP contribution is -2.42. The first-order chi connectivity index (χ1) is 10.1. The average Bonchev–Trinajstić information content (AvgIpc) is 2.48. The summed E-state index contributed by atoms with van der Waals surface area (Å²) in [6, 6.07) is 6.26. The van der Waals surface area contributed by atoms with Crippen molar-refractivity contribution in [2.24, 2.45) is 5.92 Å². The number of carbonyl (C=O) groups is 2. The molecular weight excluding hydrogens is 270 g/mol. The minimum absolute atomic E-state index is 0.0661. The molecule has 0 aromatic heterocycles. The Bertz CT molecular complexity index is 515. The first-order valence-electron chi connectivity index (χ1n) is 7.32. The van der Waals surface area contributed by atoms with Crippen LogP contribution in [-0.2, 0) is 9.53 Å². The molecule has 1 aromatic rings. The van der Waals surface area contributed by atoms with Crippen molar-refractivity contribution in [1.29, 1.82) is 0 Å². The molecule has 0 heterocycles. The molecule has 0 saturated heterocycles. The minimum atomic E-state index is -0.694. The van der Waals surface area contributed by atoms with Crippen LogP contribution in [-0.4, -0.2) is 29.6 Å². The predicted molar refractivity (Wildman–Crippen MR) is 78.0 cm³/mol. The molecule has 1 fully saturated rings. The van der Waals surface area contributed by atoms with Crippen LogP contribution in [0.15, 0.2) is 24.3 Å². The molecule has 114 valence electrons. The molecular formula is C16H21NO4. The quantitative estimate of drug-likeness (QED) is 0.834. The maximum absolute atomic E-state index is 11.8. The summed E-state index contributed by atoms with van der Waals surface area (Å²) < 4.78 is 4.94. The first kappa shape index (κ1) is 15.4. The number of rotatable bonds is 4. The fraction of sp³-hybridized carbons (Fsp3) is 0.500. The number of amides is 1. The van der Waals surface area contributed by atoms with Gasteiger partial charge < -0.3 is 15.2 Å².